The maximum absolute atomic E-state index is 12.2. The Morgan fingerprint density at radius 2 is 1.65 bits per heavy atom. The molecule has 8 nitrogen and oxygen atoms in total. The number of rotatable bonds is 6. The van der Waals surface area contributed by atoms with Crippen LogP contribution in [0.15, 0.2) is 91.1 Å². The van der Waals surface area contributed by atoms with E-state index in [0.29, 0.717) is 25.6 Å². The summed E-state index contributed by atoms with van der Waals surface area (Å²) in [5.74, 6) is 0.279. The summed E-state index contributed by atoms with van der Waals surface area (Å²) in [5.41, 5.74) is 11.6. The number of nitrogens with two attached hydrogens (primary N) is 1. The van der Waals surface area contributed by atoms with Gasteiger partial charge in [0.2, 0.25) is 11.9 Å². The van der Waals surface area contributed by atoms with Crippen LogP contribution in [0.3, 0.4) is 0 Å². The summed E-state index contributed by atoms with van der Waals surface area (Å²) in [6, 6.07) is 27.8. The van der Waals surface area contributed by atoms with E-state index in [9.17, 15) is 4.79 Å². The highest BCUT2D eigenvalue weighted by atomic mass is 16.5. The topological polar surface area (TPSA) is 87.8 Å². The zero-order chi connectivity index (χ0) is 25.2. The number of hydrazine groups is 1. The van der Waals surface area contributed by atoms with Gasteiger partial charge >= 0.3 is 0 Å². The molecule has 0 saturated carbocycles. The quantitative estimate of drug-likeness (QED) is 0.434. The Morgan fingerprint density at radius 3 is 2.41 bits per heavy atom. The summed E-state index contributed by atoms with van der Waals surface area (Å²) in [7, 11) is 0. The van der Waals surface area contributed by atoms with Crippen molar-refractivity contribution in [2.45, 2.75) is 12.5 Å². The SMILES string of the molecule is NC(=O)[C@@H]1Cc2ccccc2N1c1ccc(-c2ccnc(N(c3ccccc3)N3CCOCC3)n2)cc1. The molecule has 0 aliphatic carbocycles. The number of primary amides is 1. The molecule has 0 radical (unpaired) electrons. The summed E-state index contributed by atoms with van der Waals surface area (Å²) in [6.07, 6.45) is 2.40. The van der Waals surface area contributed by atoms with Gasteiger partial charge in [0.1, 0.15) is 6.04 Å². The van der Waals surface area contributed by atoms with E-state index in [2.05, 4.69) is 33.2 Å². The molecule has 1 fully saturated rings. The van der Waals surface area contributed by atoms with E-state index in [1.54, 1.807) is 6.20 Å². The number of carbonyl (C=O) groups is 1. The maximum atomic E-state index is 12.2. The summed E-state index contributed by atoms with van der Waals surface area (Å²) >= 11 is 0. The van der Waals surface area contributed by atoms with Crippen molar-refractivity contribution in [1.82, 2.24) is 15.0 Å². The van der Waals surface area contributed by atoms with Gasteiger partial charge in [0.25, 0.3) is 0 Å². The molecule has 8 heteroatoms. The predicted octanol–water partition coefficient (Wildman–Crippen LogP) is 4.08. The Kier molecular flexibility index (Phi) is 6.26. The Bertz CT molecular complexity index is 1390. The van der Waals surface area contributed by atoms with Crippen LogP contribution >= 0.6 is 0 Å². The number of amides is 1. The van der Waals surface area contributed by atoms with Crippen molar-refractivity contribution in [2.75, 3.05) is 36.2 Å². The number of carbonyl (C=O) groups excluding carboxylic acids is 1. The molecule has 3 aromatic carbocycles. The third-order valence-electron chi connectivity index (χ3n) is 6.85. The molecule has 0 unspecified atom stereocenters. The van der Waals surface area contributed by atoms with Gasteiger partial charge in [-0.15, -0.1) is 0 Å². The average molecular weight is 493 g/mol. The molecule has 1 amide bonds. The number of aromatic nitrogens is 2. The molecule has 0 spiro atoms. The molecular weight excluding hydrogens is 464 g/mol. The van der Waals surface area contributed by atoms with Gasteiger partial charge in [-0.05, 0) is 42.0 Å². The van der Waals surface area contributed by atoms with Crippen LogP contribution in [0.4, 0.5) is 23.0 Å². The summed E-state index contributed by atoms with van der Waals surface area (Å²) in [5, 5.41) is 4.29. The van der Waals surface area contributed by atoms with E-state index >= 15 is 0 Å². The first-order chi connectivity index (χ1) is 18.2. The van der Waals surface area contributed by atoms with E-state index in [1.807, 2.05) is 71.6 Å². The fraction of sp³-hybridized carbons (Fsp3) is 0.207. The smallest absolute Gasteiger partial charge is 0.245 e. The summed E-state index contributed by atoms with van der Waals surface area (Å²) < 4.78 is 5.57. The molecule has 3 heterocycles. The molecule has 186 valence electrons. The van der Waals surface area contributed by atoms with Crippen LogP contribution in [0.2, 0.25) is 0 Å². The third kappa shape index (κ3) is 4.52. The van der Waals surface area contributed by atoms with E-state index < -0.39 is 6.04 Å². The molecule has 1 aromatic heterocycles. The zero-order valence-corrected chi connectivity index (χ0v) is 20.4. The number of benzene rings is 3. The molecule has 2 aliphatic rings. The van der Waals surface area contributed by atoms with E-state index in [-0.39, 0.29) is 5.91 Å². The van der Waals surface area contributed by atoms with E-state index in [4.69, 9.17) is 15.5 Å². The molecule has 1 saturated heterocycles. The lowest BCUT2D eigenvalue weighted by Crippen LogP contribution is -2.47. The Hall–Kier alpha value is -4.27. The van der Waals surface area contributed by atoms with Gasteiger partial charge in [-0.25, -0.2) is 20.0 Å². The van der Waals surface area contributed by atoms with Crippen molar-refractivity contribution in [3.63, 3.8) is 0 Å². The van der Waals surface area contributed by atoms with Gasteiger partial charge in [-0.1, -0.05) is 48.5 Å². The van der Waals surface area contributed by atoms with Crippen LogP contribution in [0.5, 0.6) is 0 Å². The molecule has 37 heavy (non-hydrogen) atoms. The fourth-order valence-electron chi connectivity index (χ4n) is 5.06. The molecule has 2 N–H and O–H groups in total. The highest BCUT2D eigenvalue weighted by molar-refractivity contribution is 5.90. The first-order valence-electron chi connectivity index (χ1n) is 12.5. The second-order valence-corrected chi connectivity index (χ2v) is 9.12. The van der Waals surface area contributed by atoms with Gasteiger partial charge in [-0.2, -0.15) is 0 Å². The van der Waals surface area contributed by atoms with E-state index in [1.165, 1.54) is 0 Å². The first-order valence-corrected chi connectivity index (χ1v) is 12.5. The number of nitrogens with zero attached hydrogens (tertiary/aromatic N) is 5. The second-order valence-electron chi connectivity index (χ2n) is 9.12. The standard InChI is InChI=1S/C29H28N6O2/c30-28(36)27-20-22-6-4-5-9-26(22)34(27)23-12-10-21(11-13-23)25-14-15-31-29(32-25)35(24-7-2-1-3-8-24)33-16-18-37-19-17-33/h1-15,27H,16-20H2,(H2,30,36)/t27-/m0/s1. The Morgan fingerprint density at radius 1 is 0.919 bits per heavy atom. The maximum Gasteiger partial charge on any atom is 0.245 e. The highest BCUT2D eigenvalue weighted by Gasteiger charge is 2.34. The normalized spacial score (nSPS) is 17.4. The van der Waals surface area contributed by atoms with E-state index in [0.717, 1.165) is 47.0 Å². The zero-order valence-electron chi connectivity index (χ0n) is 20.4. The number of anilines is 4. The Balaban J connectivity index is 1.32. The van der Waals surface area contributed by atoms with Gasteiger partial charge in [0.15, 0.2) is 0 Å². The largest absolute Gasteiger partial charge is 0.379 e. The van der Waals surface area contributed by atoms with Crippen molar-refractivity contribution in [3.8, 4) is 11.3 Å². The van der Waals surface area contributed by atoms with Gasteiger partial charge in [0.05, 0.1) is 24.6 Å². The Labute approximate surface area is 215 Å². The molecule has 0 bridgehead atoms. The number of hydrogen-bond acceptors (Lipinski definition) is 7. The van der Waals surface area contributed by atoms with Crippen molar-refractivity contribution < 1.29 is 9.53 Å². The third-order valence-corrected chi connectivity index (χ3v) is 6.85. The molecule has 1 atom stereocenters. The van der Waals surface area contributed by atoms with Crippen molar-refractivity contribution in [3.05, 3.63) is 96.7 Å². The highest BCUT2D eigenvalue weighted by Crippen LogP contribution is 2.39. The van der Waals surface area contributed by atoms with Crippen LogP contribution in [0, 0.1) is 0 Å². The van der Waals surface area contributed by atoms with Crippen LogP contribution in [-0.4, -0.2) is 53.2 Å². The summed E-state index contributed by atoms with van der Waals surface area (Å²) in [4.78, 5) is 23.8. The second kappa shape index (κ2) is 10.0. The predicted molar refractivity (Wildman–Crippen MR) is 144 cm³/mol. The average Bonchev–Trinajstić information content (AvgIpc) is 3.35. The van der Waals surface area contributed by atoms with Gasteiger partial charge in [0, 0.05) is 42.6 Å². The molecular formula is C29H28N6O2. The lowest BCUT2D eigenvalue weighted by Gasteiger charge is -2.37. The van der Waals surface area contributed by atoms with Crippen LogP contribution in [0.1, 0.15) is 5.56 Å². The number of para-hydroxylation sites is 2. The minimum atomic E-state index is -0.401. The minimum Gasteiger partial charge on any atom is -0.379 e. The lowest BCUT2D eigenvalue weighted by molar-refractivity contribution is -0.119. The lowest BCUT2D eigenvalue weighted by atomic mass is 10.1. The van der Waals surface area contributed by atoms with Crippen molar-refractivity contribution in [1.29, 1.82) is 0 Å². The summed E-state index contributed by atoms with van der Waals surface area (Å²) in [6.45, 7) is 2.85. The first kappa shape index (κ1) is 23.1. The monoisotopic (exact) mass is 492 g/mol. The number of fused-ring (bicyclic) bond motifs is 1. The van der Waals surface area contributed by atoms with Crippen molar-refractivity contribution >= 4 is 28.9 Å². The van der Waals surface area contributed by atoms with Crippen LogP contribution in [-0.2, 0) is 16.0 Å². The van der Waals surface area contributed by atoms with Crippen molar-refractivity contribution in [2.24, 2.45) is 5.73 Å². The van der Waals surface area contributed by atoms with Crippen LogP contribution < -0.4 is 15.6 Å². The van der Waals surface area contributed by atoms with Crippen LogP contribution in [0.25, 0.3) is 11.3 Å². The number of hydrogen-bond donors (Lipinski definition) is 1. The molecule has 6 rings (SSSR count). The minimum absolute atomic E-state index is 0.329. The number of ether oxygens (including phenoxy) is 1. The van der Waals surface area contributed by atoms with Gasteiger partial charge < -0.3 is 15.4 Å². The molecule has 4 aromatic rings. The fourth-order valence-corrected chi connectivity index (χ4v) is 5.06. The number of morpholine rings is 1. The van der Waals surface area contributed by atoms with Gasteiger partial charge in [-0.3, -0.25) is 4.79 Å². The molecule has 2 aliphatic heterocycles.